The van der Waals surface area contributed by atoms with E-state index in [1.54, 1.807) is 6.08 Å². The molecule has 0 aliphatic rings. The van der Waals surface area contributed by atoms with Crippen molar-refractivity contribution in [3.05, 3.63) is 66.4 Å². The molecular weight excluding hydrogens is 326 g/mol. The predicted molar refractivity (Wildman–Crippen MR) is 106 cm³/mol. The van der Waals surface area contributed by atoms with Crippen LogP contribution in [0.2, 0.25) is 0 Å². The van der Waals surface area contributed by atoms with Gasteiger partial charge in [-0.05, 0) is 11.5 Å². The minimum Gasteiger partial charge on any atom is -0.394 e. The van der Waals surface area contributed by atoms with Crippen LogP contribution in [0.3, 0.4) is 0 Å². The smallest absolute Gasteiger partial charge is 0.163 e. The van der Waals surface area contributed by atoms with Gasteiger partial charge in [-0.25, -0.2) is 4.98 Å². The van der Waals surface area contributed by atoms with Gasteiger partial charge >= 0.3 is 0 Å². The lowest BCUT2D eigenvalue weighted by Crippen LogP contribution is -2.22. The van der Waals surface area contributed by atoms with Crippen molar-refractivity contribution in [1.82, 2.24) is 14.6 Å². The maximum Gasteiger partial charge on any atom is 0.163 e. The van der Waals surface area contributed by atoms with E-state index in [1.165, 1.54) is 5.56 Å². The van der Waals surface area contributed by atoms with Crippen LogP contribution in [0.1, 0.15) is 30.9 Å². The highest BCUT2D eigenvalue weighted by molar-refractivity contribution is 5.61. The minimum atomic E-state index is -0.252. The zero-order valence-electron chi connectivity index (χ0n) is 15.2. The molecule has 6 nitrogen and oxygen atoms in total. The Kier molecular flexibility index (Phi) is 5.53. The van der Waals surface area contributed by atoms with Crippen molar-refractivity contribution < 1.29 is 5.11 Å². The molecule has 6 heteroatoms. The molecule has 136 valence electrons. The van der Waals surface area contributed by atoms with Gasteiger partial charge < -0.3 is 15.7 Å². The number of benzene rings is 1. The predicted octanol–water partition coefficient (Wildman–Crippen LogP) is 3.42. The average molecular weight is 351 g/mol. The summed E-state index contributed by atoms with van der Waals surface area (Å²) < 4.78 is 1.82. The first-order chi connectivity index (χ1) is 12.6. The van der Waals surface area contributed by atoms with E-state index in [-0.39, 0.29) is 12.6 Å². The van der Waals surface area contributed by atoms with Gasteiger partial charge in [-0.2, -0.15) is 9.61 Å². The molecule has 1 aromatic carbocycles. The van der Waals surface area contributed by atoms with Gasteiger partial charge in [-0.15, -0.1) is 6.58 Å². The molecule has 0 fully saturated rings. The Morgan fingerprint density at radius 2 is 2.04 bits per heavy atom. The number of anilines is 2. The topological polar surface area (TPSA) is 74.5 Å². The van der Waals surface area contributed by atoms with E-state index in [9.17, 15) is 5.11 Å². The second kappa shape index (κ2) is 8.01. The van der Waals surface area contributed by atoms with Gasteiger partial charge in [-0.3, -0.25) is 0 Å². The fourth-order valence-electron chi connectivity index (χ4n) is 2.74. The van der Waals surface area contributed by atoms with Crippen molar-refractivity contribution in [1.29, 1.82) is 0 Å². The highest BCUT2D eigenvalue weighted by Gasteiger charge is 2.15. The summed E-state index contributed by atoms with van der Waals surface area (Å²) in [7, 11) is 0. The maximum atomic E-state index is 9.43. The first-order valence-corrected chi connectivity index (χ1v) is 8.78. The molecule has 0 bridgehead atoms. The summed E-state index contributed by atoms with van der Waals surface area (Å²) in [6.07, 6.45) is 3.53. The molecule has 0 saturated carbocycles. The third kappa shape index (κ3) is 3.86. The van der Waals surface area contributed by atoms with Gasteiger partial charge in [-0.1, -0.05) is 50.3 Å². The number of nitrogens with one attached hydrogen (secondary N) is 2. The lowest BCUT2D eigenvalue weighted by Gasteiger charge is -2.16. The lowest BCUT2D eigenvalue weighted by atomic mass is 10.1. The summed E-state index contributed by atoms with van der Waals surface area (Å²) in [4.78, 5) is 4.70. The van der Waals surface area contributed by atoms with E-state index in [1.807, 2.05) is 35.0 Å². The zero-order valence-corrected chi connectivity index (χ0v) is 15.2. The second-order valence-electron chi connectivity index (χ2n) is 6.52. The van der Waals surface area contributed by atoms with Crippen molar-refractivity contribution in [3.8, 4) is 0 Å². The quantitative estimate of drug-likeness (QED) is 0.542. The monoisotopic (exact) mass is 351 g/mol. The van der Waals surface area contributed by atoms with Crippen molar-refractivity contribution in [2.24, 2.45) is 0 Å². The molecule has 0 spiro atoms. The van der Waals surface area contributed by atoms with Gasteiger partial charge in [0.2, 0.25) is 0 Å². The summed E-state index contributed by atoms with van der Waals surface area (Å²) in [5, 5.41) is 20.6. The van der Waals surface area contributed by atoms with E-state index >= 15 is 0 Å². The molecular formula is C20H25N5O. The third-order valence-electron chi connectivity index (χ3n) is 4.25. The van der Waals surface area contributed by atoms with Crippen molar-refractivity contribution in [3.63, 3.8) is 0 Å². The van der Waals surface area contributed by atoms with E-state index in [2.05, 4.69) is 48.3 Å². The van der Waals surface area contributed by atoms with Gasteiger partial charge in [0.1, 0.15) is 11.6 Å². The summed E-state index contributed by atoms with van der Waals surface area (Å²) in [6.45, 7) is 8.62. The van der Waals surface area contributed by atoms with Crippen molar-refractivity contribution in [2.75, 3.05) is 17.2 Å². The van der Waals surface area contributed by atoms with Crippen LogP contribution in [0.15, 0.2) is 55.3 Å². The van der Waals surface area contributed by atoms with Crippen LogP contribution in [0.4, 0.5) is 11.6 Å². The number of hydrogen-bond donors (Lipinski definition) is 3. The molecule has 3 aromatic rings. The molecule has 0 unspecified atom stereocenters. The molecule has 1 atom stereocenters. The van der Waals surface area contributed by atoms with Crippen LogP contribution in [0.5, 0.6) is 0 Å². The van der Waals surface area contributed by atoms with Crippen LogP contribution in [0, 0.1) is 0 Å². The second-order valence-corrected chi connectivity index (χ2v) is 6.52. The van der Waals surface area contributed by atoms with Crippen molar-refractivity contribution >= 4 is 17.3 Å². The number of rotatable bonds is 8. The van der Waals surface area contributed by atoms with Gasteiger partial charge in [0, 0.05) is 18.2 Å². The van der Waals surface area contributed by atoms with Crippen LogP contribution >= 0.6 is 0 Å². The van der Waals surface area contributed by atoms with E-state index < -0.39 is 0 Å². The number of nitrogens with zero attached hydrogens (tertiary/aromatic N) is 3. The molecule has 0 aliphatic carbocycles. The SMILES string of the molecule is C=C[C@H](CO)Nc1cc(NCc2ccccc2)n2ncc(C(C)C)c2n1. The highest BCUT2D eigenvalue weighted by atomic mass is 16.3. The van der Waals surface area contributed by atoms with Gasteiger partial charge in [0.05, 0.1) is 18.8 Å². The number of aliphatic hydroxyl groups is 1. The number of aromatic nitrogens is 3. The Hall–Kier alpha value is -2.86. The molecule has 2 heterocycles. The summed E-state index contributed by atoms with van der Waals surface area (Å²) >= 11 is 0. The number of aliphatic hydroxyl groups excluding tert-OH is 1. The summed E-state index contributed by atoms with van der Waals surface area (Å²) in [5.41, 5.74) is 3.07. The first kappa shape index (κ1) is 17.9. The highest BCUT2D eigenvalue weighted by Crippen LogP contribution is 2.24. The number of hydrogen-bond acceptors (Lipinski definition) is 5. The summed E-state index contributed by atoms with van der Waals surface area (Å²) in [6, 6.07) is 11.8. The lowest BCUT2D eigenvalue weighted by molar-refractivity contribution is 0.290. The molecule has 2 aromatic heterocycles. The summed E-state index contributed by atoms with van der Waals surface area (Å²) in [5.74, 6) is 1.83. The largest absolute Gasteiger partial charge is 0.394 e. The molecule has 0 radical (unpaired) electrons. The fourth-order valence-corrected chi connectivity index (χ4v) is 2.74. The van der Waals surface area contributed by atoms with Crippen LogP contribution in [-0.2, 0) is 6.54 Å². The molecule has 0 amide bonds. The van der Waals surface area contributed by atoms with Gasteiger partial charge in [0.25, 0.3) is 0 Å². The van der Waals surface area contributed by atoms with E-state index in [4.69, 9.17) is 4.98 Å². The van der Waals surface area contributed by atoms with E-state index in [0.29, 0.717) is 18.3 Å². The Morgan fingerprint density at radius 3 is 2.69 bits per heavy atom. The standard InChI is InChI=1S/C20H25N5O/c1-4-16(13-26)23-18-10-19(21-11-15-8-6-5-7-9-15)25-20(24-18)17(12-22-25)14(2)3/h4-10,12,14,16,21,26H,1,11,13H2,2-3H3,(H,23,24)/t16-/m1/s1. The molecule has 3 rings (SSSR count). The van der Waals surface area contributed by atoms with E-state index in [0.717, 1.165) is 17.0 Å². The Balaban J connectivity index is 1.97. The van der Waals surface area contributed by atoms with Gasteiger partial charge in [0.15, 0.2) is 5.65 Å². The average Bonchev–Trinajstić information content (AvgIpc) is 3.09. The molecule has 0 saturated heterocycles. The third-order valence-corrected chi connectivity index (χ3v) is 4.25. The first-order valence-electron chi connectivity index (χ1n) is 8.78. The Labute approximate surface area is 153 Å². The van der Waals surface area contributed by atoms with Crippen molar-refractivity contribution in [2.45, 2.75) is 32.4 Å². The Morgan fingerprint density at radius 1 is 1.27 bits per heavy atom. The van der Waals surface area contributed by atoms with Crippen LogP contribution in [0.25, 0.3) is 5.65 Å². The van der Waals surface area contributed by atoms with Crippen LogP contribution in [-0.4, -0.2) is 32.4 Å². The molecule has 3 N–H and O–H groups in total. The zero-order chi connectivity index (χ0) is 18.5. The normalized spacial score (nSPS) is 12.3. The molecule has 26 heavy (non-hydrogen) atoms. The maximum absolute atomic E-state index is 9.43. The Bertz CT molecular complexity index is 873. The minimum absolute atomic E-state index is 0.0422. The fraction of sp³-hybridized carbons (Fsp3) is 0.300. The number of fused-ring (bicyclic) bond motifs is 1. The molecule has 0 aliphatic heterocycles. The van der Waals surface area contributed by atoms with Crippen LogP contribution < -0.4 is 10.6 Å².